The number of ether oxygens (including phenoxy) is 2. The Kier molecular flexibility index (Phi) is 9.27. The summed E-state index contributed by atoms with van der Waals surface area (Å²) in [6.45, 7) is 2.19. The largest absolute Gasteiger partial charge is 0.352 e. The molecule has 3 heteroatoms. The monoisotopic (exact) mass is 456 g/mol. The third-order valence-electron chi connectivity index (χ3n) is 5.52. The van der Waals surface area contributed by atoms with Gasteiger partial charge in [-0.05, 0) is 48.0 Å². The minimum atomic E-state index is -1.99. The highest BCUT2D eigenvalue weighted by atomic mass is 31.2. The summed E-state index contributed by atoms with van der Waals surface area (Å²) < 4.78 is 10.6. The number of rotatable bonds is 9. The first-order chi connectivity index (χ1) is 16.1. The third-order valence-corrected chi connectivity index (χ3v) is 9.65. The first-order valence-corrected chi connectivity index (χ1v) is 13.0. The van der Waals surface area contributed by atoms with Crippen LogP contribution < -0.4 is 15.9 Å². The van der Waals surface area contributed by atoms with E-state index in [1.807, 2.05) is 19.1 Å². The fraction of sp³-hybridized carbons (Fsp3) is 0.167. The van der Waals surface area contributed by atoms with Gasteiger partial charge in [0.05, 0.1) is 0 Å². The molecule has 0 spiro atoms. The van der Waals surface area contributed by atoms with Crippen molar-refractivity contribution in [3.8, 4) is 0 Å². The summed E-state index contributed by atoms with van der Waals surface area (Å²) >= 11 is 0. The Morgan fingerprint density at radius 3 is 1.42 bits per heavy atom. The van der Waals surface area contributed by atoms with Crippen molar-refractivity contribution < 1.29 is 9.47 Å². The van der Waals surface area contributed by atoms with Crippen LogP contribution in [0.1, 0.15) is 13.8 Å². The second kappa shape index (κ2) is 12.4. The molecule has 0 fully saturated rings. The topological polar surface area (TPSA) is 18.5 Å². The van der Waals surface area contributed by atoms with Crippen molar-refractivity contribution in [2.45, 2.75) is 20.1 Å². The molecule has 0 radical (unpaired) electrons. The first-order valence-electron chi connectivity index (χ1n) is 11.1. The molecule has 3 aromatic rings. The SMILES string of the molecule is COC(OC)/C(C)=C/C=C/C=C(\C)C=P(c1ccccc1)(c1ccccc1)c1ccccc1. The Morgan fingerprint density at radius 1 is 0.636 bits per heavy atom. The average Bonchev–Trinajstić information content (AvgIpc) is 2.87. The Hall–Kier alpha value is -2.90. The van der Waals surface area contributed by atoms with E-state index in [4.69, 9.17) is 9.47 Å². The lowest BCUT2D eigenvalue weighted by Crippen LogP contribution is -2.27. The van der Waals surface area contributed by atoms with Crippen molar-refractivity contribution in [1.82, 2.24) is 0 Å². The van der Waals surface area contributed by atoms with E-state index in [0.717, 1.165) is 5.57 Å². The van der Waals surface area contributed by atoms with E-state index < -0.39 is 6.89 Å². The van der Waals surface area contributed by atoms with E-state index in [-0.39, 0.29) is 6.29 Å². The lowest BCUT2D eigenvalue weighted by Gasteiger charge is -2.29. The maximum atomic E-state index is 5.31. The van der Waals surface area contributed by atoms with Gasteiger partial charge in [0.25, 0.3) is 0 Å². The van der Waals surface area contributed by atoms with Crippen molar-refractivity contribution in [3.05, 3.63) is 126 Å². The molecule has 0 aliphatic heterocycles. The van der Waals surface area contributed by atoms with E-state index in [1.54, 1.807) is 14.2 Å². The molecule has 0 amide bonds. The Balaban J connectivity index is 2.14. The second-order valence-electron chi connectivity index (χ2n) is 7.87. The second-order valence-corrected chi connectivity index (χ2v) is 11.1. The lowest BCUT2D eigenvalue weighted by atomic mass is 10.2. The molecule has 0 aliphatic carbocycles. The average molecular weight is 457 g/mol. The molecular weight excluding hydrogens is 423 g/mol. The van der Waals surface area contributed by atoms with Gasteiger partial charge in [0, 0.05) is 14.2 Å². The standard InChI is InChI=1S/C30H33O2P/c1-25(16-14-15-17-26(2)30(31-3)32-4)24-33(27-18-8-5-9-19-27,28-20-10-6-11-21-28)29-22-12-7-13-23-29/h5-24,30H,1-4H3/b15-14+,25-16+,26-17+. The molecule has 0 saturated heterocycles. The van der Waals surface area contributed by atoms with Crippen LogP contribution in [-0.4, -0.2) is 26.3 Å². The van der Waals surface area contributed by atoms with Gasteiger partial charge in [-0.1, -0.05) is 121 Å². The molecule has 3 aromatic carbocycles. The molecule has 2 nitrogen and oxygen atoms in total. The molecule has 0 atom stereocenters. The van der Waals surface area contributed by atoms with Crippen molar-refractivity contribution >= 4 is 28.6 Å². The Labute approximate surface area is 198 Å². The van der Waals surface area contributed by atoms with Gasteiger partial charge in [0.1, 0.15) is 0 Å². The fourth-order valence-electron chi connectivity index (χ4n) is 3.97. The van der Waals surface area contributed by atoms with Crippen LogP contribution in [0.4, 0.5) is 0 Å². The summed E-state index contributed by atoms with van der Waals surface area (Å²) in [5.41, 5.74) is 2.24. The molecule has 0 aliphatic rings. The van der Waals surface area contributed by atoms with Crippen LogP contribution in [0.5, 0.6) is 0 Å². The van der Waals surface area contributed by atoms with Crippen LogP contribution in [0.3, 0.4) is 0 Å². The molecule has 0 heterocycles. The maximum absolute atomic E-state index is 5.31. The summed E-state index contributed by atoms with van der Waals surface area (Å²) in [7, 11) is 3.29. The smallest absolute Gasteiger partial charge is 0.179 e. The van der Waals surface area contributed by atoms with Crippen LogP contribution in [0.15, 0.2) is 126 Å². The van der Waals surface area contributed by atoms with Crippen molar-refractivity contribution in [2.75, 3.05) is 14.2 Å². The zero-order valence-electron chi connectivity index (χ0n) is 19.9. The van der Waals surface area contributed by atoms with Crippen LogP contribution in [0.25, 0.3) is 0 Å². The van der Waals surface area contributed by atoms with E-state index in [9.17, 15) is 0 Å². The molecule has 0 N–H and O–H groups in total. The van der Waals surface area contributed by atoms with E-state index in [2.05, 4.69) is 116 Å². The predicted octanol–water partition coefficient (Wildman–Crippen LogP) is 5.85. The molecule has 3 rings (SSSR count). The molecule has 170 valence electrons. The number of hydrogen-bond acceptors (Lipinski definition) is 2. The zero-order valence-corrected chi connectivity index (χ0v) is 20.8. The molecule has 0 unspecified atom stereocenters. The van der Waals surface area contributed by atoms with Crippen molar-refractivity contribution in [2.24, 2.45) is 0 Å². The first kappa shape index (κ1) is 24.7. The van der Waals surface area contributed by atoms with Crippen molar-refractivity contribution in [3.63, 3.8) is 0 Å². The molecule has 0 aromatic heterocycles. The third kappa shape index (κ3) is 6.12. The summed E-state index contributed by atoms with van der Waals surface area (Å²) in [4.78, 5) is 0. The van der Waals surface area contributed by atoms with Gasteiger partial charge in [0.2, 0.25) is 0 Å². The van der Waals surface area contributed by atoms with Gasteiger partial charge in [-0.3, -0.25) is 0 Å². The summed E-state index contributed by atoms with van der Waals surface area (Å²) in [5.74, 6) is 2.47. The number of allylic oxidation sites excluding steroid dienone is 5. The highest BCUT2D eigenvalue weighted by molar-refractivity contribution is 7.94. The highest BCUT2D eigenvalue weighted by Crippen LogP contribution is 2.44. The zero-order chi connectivity index (χ0) is 23.5. The quantitative estimate of drug-likeness (QED) is 0.228. The van der Waals surface area contributed by atoms with Crippen LogP contribution in [0, 0.1) is 0 Å². The van der Waals surface area contributed by atoms with E-state index in [0.29, 0.717) is 0 Å². The minimum Gasteiger partial charge on any atom is -0.352 e. The van der Waals surface area contributed by atoms with Gasteiger partial charge in [0.15, 0.2) is 6.29 Å². The van der Waals surface area contributed by atoms with Crippen molar-refractivity contribution in [1.29, 1.82) is 0 Å². The molecular formula is C30H33O2P. The summed E-state index contributed by atoms with van der Waals surface area (Å²) in [6.07, 6.45) is 7.98. The summed E-state index contributed by atoms with van der Waals surface area (Å²) in [6, 6.07) is 32.6. The van der Waals surface area contributed by atoms with Crippen LogP contribution in [-0.2, 0) is 9.47 Å². The van der Waals surface area contributed by atoms with Gasteiger partial charge in [-0.2, -0.15) is 0 Å². The van der Waals surface area contributed by atoms with Gasteiger partial charge in [-0.25, -0.2) is 0 Å². The number of benzene rings is 3. The fourth-order valence-corrected chi connectivity index (χ4v) is 7.94. The highest BCUT2D eigenvalue weighted by Gasteiger charge is 2.24. The predicted molar refractivity (Wildman–Crippen MR) is 146 cm³/mol. The molecule has 0 saturated carbocycles. The Morgan fingerprint density at radius 2 is 1.03 bits per heavy atom. The molecule has 33 heavy (non-hydrogen) atoms. The lowest BCUT2D eigenvalue weighted by molar-refractivity contribution is -0.0746. The normalized spacial score (nSPS) is 13.0. The summed E-state index contributed by atoms with van der Waals surface area (Å²) in [5, 5.41) is 4.04. The molecule has 0 bridgehead atoms. The minimum absolute atomic E-state index is 0.320. The van der Waals surface area contributed by atoms with Gasteiger partial charge < -0.3 is 9.47 Å². The van der Waals surface area contributed by atoms with Crippen LogP contribution in [0.2, 0.25) is 0 Å². The number of methoxy groups -OCH3 is 2. The number of hydrogen-bond donors (Lipinski definition) is 0. The van der Waals surface area contributed by atoms with Gasteiger partial charge >= 0.3 is 0 Å². The van der Waals surface area contributed by atoms with E-state index >= 15 is 0 Å². The van der Waals surface area contributed by atoms with Gasteiger partial charge in [-0.15, -0.1) is 0 Å². The Bertz CT molecular complexity index is 1040. The van der Waals surface area contributed by atoms with Crippen LogP contribution >= 0.6 is 6.89 Å². The van der Waals surface area contributed by atoms with E-state index in [1.165, 1.54) is 21.5 Å². The maximum Gasteiger partial charge on any atom is 0.179 e.